The van der Waals surface area contributed by atoms with Gasteiger partial charge < -0.3 is 4.57 Å². The Labute approximate surface area is 164 Å². The van der Waals surface area contributed by atoms with Gasteiger partial charge in [0.15, 0.2) is 5.11 Å². The van der Waals surface area contributed by atoms with Crippen LogP contribution in [0.4, 0.5) is 0 Å². The van der Waals surface area contributed by atoms with Gasteiger partial charge >= 0.3 is 0 Å². The molecule has 2 aromatic rings. The molecule has 0 aliphatic carbocycles. The quantitative estimate of drug-likeness (QED) is 0.504. The predicted octanol–water partition coefficient (Wildman–Crippen LogP) is 3.36. The zero-order chi connectivity index (χ0) is 19.9. The summed E-state index contributed by atoms with van der Waals surface area (Å²) < 4.78 is 2.14. The molecule has 0 saturated carbocycles. The number of carbonyl (C=O) groups is 2. The largest absolute Gasteiger partial charge is 0.318 e. The van der Waals surface area contributed by atoms with Gasteiger partial charge in [-0.2, -0.15) is 0 Å². The first-order valence-electron chi connectivity index (χ1n) is 8.89. The third kappa shape index (κ3) is 3.45. The van der Waals surface area contributed by atoms with Crippen LogP contribution in [0.25, 0.3) is 11.8 Å². The Kier molecular flexibility index (Phi) is 5.02. The average molecular weight is 382 g/mol. The Hall–Kier alpha value is -2.73. The monoisotopic (exact) mass is 381 g/mol. The molecule has 1 aliphatic rings. The van der Waals surface area contributed by atoms with Crippen LogP contribution >= 0.6 is 12.2 Å². The van der Waals surface area contributed by atoms with Crippen molar-refractivity contribution < 1.29 is 9.59 Å². The molecule has 1 aromatic heterocycles. The molecule has 0 spiro atoms. The van der Waals surface area contributed by atoms with E-state index < -0.39 is 5.91 Å². The van der Waals surface area contributed by atoms with E-state index in [-0.39, 0.29) is 16.6 Å². The average Bonchev–Trinajstić information content (AvgIpc) is 2.84. The van der Waals surface area contributed by atoms with Gasteiger partial charge in [0.25, 0.3) is 11.8 Å². The number of hydrogen-bond donors (Lipinski definition) is 1. The van der Waals surface area contributed by atoms with Gasteiger partial charge in [-0.25, -0.2) is 0 Å². The van der Waals surface area contributed by atoms with Crippen molar-refractivity contribution in [2.24, 2.45) is 0 Å². The smallest absolute Gasteiger partial charge is 0.265 e. The van der Waals surface area contributed by atoms with Gasteiger partial charge in [-0.1, -0.05) is 6.07 Å². The summed E-state index contributed by atoms with van der Waals surface area (Å²) in [7, 11) is 0. The van der Waals surface area contributed by atoms with Crippen LogP contribution in [0.5, 0.6) is 0 Å². The molecule has 1 aromatic carbocycles. The second kappa shape index (κ2) is 7.12. The summed E-state index contributed by atoms with van der Waals surface area (Å²) in [4.78, 5) is 26.4. The van der Waals surface area contributed by atoms with E-state index in [1.165, 1.54) is 16.0 Å². The number of likely N-dealkylation sites (N-methyl/N-ethyl adjacent to an activating group) is 1. The first-order chi connectivity index (χ1) is 12.7. The van der Waals surface area contributed by atoms with Gasteiger partial charge in [-0.3, -0.25) is 19.8 Å². The lowest BCUT2D eigenvalue weighted by Crippen LogP contribution is -2.53. The molecule has 1 fully saturated rings. The van der Waals surface area contributed by atoms with Crippen LogP contribution in [-0.4, -0.2) is 32.9 Å². The van der Waals surface area contributed by atoms with Gasteiger partial charge in [0, 0.05) is 23.6 Å². The molecule has 6 heteroatoms. The number of thiocarbonyl (C=S) groups is 1. The van der Waals surface area contributed by atoms with Crippen molar-refractivity contribution in [3.8, 4) is 5.69 Å². The predicted molar refractivity (Wildman–Crippen MR) is 111 cm³/mol. The highest BCUT2D eigenvalue weighted by atomic mass is 32.1. The second-order valence-electron chi connectivity index (χ2n) is 6.87. The normalized spacial score (nSPS) is 16.3. The van der Waals surface area contributed by atoms with Crippen molar-refractivity contribution in [2.75, 3.05) is 6.54 Å². The molecule has 1 saturated heterocycles. The number of amides is 2. The number of rotatable bonds is 3. The number of aromatic nitrogens is 1. The minimum Gasteiger partial charge on any atom is -0.318 e. The Balaban J connectivity index is 2.09. The molecule has 1 N–H and O–H groups in total. The topological polar surface area (TPSA) is 54.3 Å². The maximum atomic E-state index is 12.6. The van der Waals surface area contributed by atoms with Crippen LogP contribution in [0, 0.1) is 27.7 Å². The third-order valence-electron chi connectivity index (χ3n) is 4.74. The summed E-state index contributed by atoms with van der Waals surface area (Å²) in [5.74, 6) is -0.812. The van der Waals surface area contributed by atoms with E-state index in [1.54, 1.807) is 6.08 Å². The maximum Gasteiger partial charge on any atom is 0.265 e. The molecule has 3 rings (SSSR count). The van der Waals surface area contributed by atoms with Gasteiger partial charge in [0.1, 0.15) is 5.57 Å². The summed E-state index contributed by atoms with van der Waals surface area (Å²) in [5, 5.41) is 2.75. The SMILES string of the molecule is CCN1C(=O)/C(=C/c2cc(C)n(-c3cc(C)cc(C)c3)c2C)C(=O)NC1=S. The van der Waals surface area contributed by atoms with E-state index in [0.29, 0.717) is 6.54 Å². The molecule has 0 bridgehead atoms. The minimum atomic E-state index is -0.453. The van der Waals surface area contributed by atoms with E-state index in [0.717, 1.165) is 22.6 Å². The maximum absolute atomic E-state index is 12.6. The lowest BCUT2D eigenvalue weighted by atomic mass is 10.1. The van der Waals surface area contributed by atoms with Gasteiger partial charge in [-0.15, -0.1) is 0 Å². The fourth-order valence-corrected chi connectivity index (χ4v) is 3.85. The van der Waals surface area contributed by atoms with Gasteiger partial charge in [0.2, 0.25) is 0 Å². The zero-order valence-corrected chi connectivity index (χ0v) is 17.0. The van der Waals surface area contributed by atoms with E-state index in [1.807, 2.05) is 26.8 Å². The fraction of sp³-hybridized carbons (Fsp3) is 0.286. The molecule has 140 valence electrons. The van der Waals surface area contributed by atoms with E-state index >= 15 is 0 Å². The first kappa shape index (κ1) is 19.0. The summed E-state index contributed by atoms with van der Waals surface area (Å²) in [6, 6.07) is 8.37. The Bertz CT molecular complexity index is 981. The summed E-state index contributed by atoms with van der Waals surface area (Å²) in [6.07, 6.45) is 1.66. The van der Waals surface area contributed by atoms with Gasteiger partial charge in [-0.05, 0) is 87.8 Å². The fourth-order valence-electron chi connectivity index (χ4n) is 3.55. The van der Waals surface area contributed by atoms with Crippen LogP contribution in [0.2, 0.25) is 0 Å². The highest BCUT2D eigenvalue weighted by Crippen LogP contribution is 2.25. The molecule has 1 aliphatic heterocycles. The summed E-state index contributed by atoms with van der Waals surface area (Å²) in [5.41, 5.74) is 6.40. The molecule has 2 heterocycles. The van der Waals surface area contributed by atoms with Crippen molar-refractivity contribution in [1.29, 1.82) is 0 Å². The molecular weight excluding hydrogens is 358 g/mol. The van der Waals surface area contributed by atoms with Gasteiger partial charge in [0.05, 0.1) is 0 Å². The van der Waals surface area contributed by atoms with Crippen LogP contribution < -0.4 is 5.32 Å². The standard InChI is InChI=1S/C21H23N3O2S/c1-6-23-20(26)18(19(25)22-21(23)27)11-16-10-14(4)24(15(16)5)17-8-12(2)7-13(3)9-17/h7-11H,6H2,1-5H3,(H,22,25,27)/b18-11+. The summed E-state index contributed by atoms with van der Waals surface area (Å²) >= 11 is 5.08. The molecule has 5 nitrogen and oxygen atoms in total. The van der Waals surface area contributed by atoms with E-state index in [2.05, 4.69) is 41.9 Å². The molecule has 2 amide bonds. The van der Waals surface area contributed by atoms with Crippen molar-refractivity contribution in [1.82, 2.24) is 14.8 Å². The van der Waals surface area contributed by atoms with E-state index in [9.17, 15) is 9.59 Å². The molecule has 27 heavy (non-hydrogen) atoms. The van der Waals surface area contributed by atoms with Crippen LogP contribution in [0.15, 0.2) is 29.8 Å². The number of benzene rings is 1. The van der Waals surface area contributed by atoms with Crippen molar-refractivity contribution >= 4 is 35.2 Å². The Morgan fingerprint density at radius 1 is 1.04 bits per heavy atom. The van der Waals surface area contributed by atoms with Crippen LogP contribution in [0.3, 0.4) is 0 Å². The Morgan fingerprint density at radius 3 is 2.26 bits per heavy atom. The first-order valence-corrected chi connectivity index (χ1v) is 9.30. The zero-order valence-electron chi connectivity index (χ0n) is 16.2. The number of carbonyl (C=O) groups excluding carboxylic acids is 2. The number of aryl methyl sites for hydroxylation is 3. The lowest BCUT2D eigenvalue weighted by molar-refractivity contribution is -0.128. The second-order valence-corrected chi connectivity index (χ2v) is 7.26. The highest BCUT2D eigenvalue weighted by molar-refractivity contribution is 7.80. The molecule has 0 radical (unpaired) electrons. The van der Waals surface area contributed by atoms with Crippen molar-refractivity contribution in [3.05, 3.63) is 57.9 Å². The number of hydrogen-bond acceptors (Lipinski definition) is 3. The third-order valence-corrected chi connectivity index (χ3v) is 5.06. The lowest BCUT2D eigenvalue weighted by Gasteiger charge is -2.27. The number of nitrogens with one attached hydrogen (secondary N) is 1. The van der Waals surface area contributed by atoms with Crippen LogP contribution in [0.1, 0.15) is 35.0 Å². The Morgan fingerprint density at radius 2 is 1.67 bits per heavy atom. The molecule has 0 unspecified atom stereocenters. The molecule has 0 atom stereocenters. The van der Waals surface area contributed by atoms with Crippen LogP contribution in [-0.2, 0) is 9.59 Å². The summed E-state index contributed by atoms with van der Waals surface area (Å²) in [6.45, 7) is 10.4. The molecular formula is C21H23N3O2S. The highest BCUT2D eigenvalue weighted by Gasteiger charge is 2.32. The minimum absolute atomic E-state index is 0.103. The van der Waals surface area contributed by atoms with Crippen molar-refractivity contribution in [3.63, 3.8) is 0 Å². The number of nitrogens with zero attached hydrogens (tertiary/aromatic N) is 2. The van der Waals surface area contributed by atoms with Crippen molar-refractivity contribution in [2.45, 2.75) is 34.6 Å². The van der Waals surface area contributed by atoms with E-state index in [4.69, 9.17) is 12.2 Å².